The van der Waals surface area contributed by atoms with E-state index in [1.165, 1.54) is 26.2 Å². The lowest BCUT2D eigenvalue weighted by Crippen LogP contribution is -2.40. The first-order valence-corrected chi connectivity index (χ1v) is 14.5. The molecule has 2 fully saturated rings. The number of benzene rings is 2. The third kappa shape index (κ3) is 5.56. The van der Waals surface area contributed by atoms with Crippen molar-refractivity contribution in [3.63, 3.8) is 0 Å². The fourth-order valence-corrected chi connectivity index (χ4v) is 5.48. The maximum absolute atomic E-state index is 15.1. The Bertz CT molecular complexity index is 1760. The summed E-state index contributed by atoms with van der Waals surface area (Å²) in [6.45, 7) is 1.23. The summed E-state index contributed by atoms with van der Waals surface area (Å²) in [4.78, 5) is 35.0. The van der Waals surface area contributed by atoms with Crippen molar-refractivity contribution in [1.82, 2.24) is 10.3 Å². The first-order chi connectivity index (χ1) is 21.3. The van der Waals surface area contributed by atoms with Crippen LogP contribution in [0.2, 0.25) is 0 Å². The maximum atomic E-state index is 15.1. The molecule has 10 nitrogen and oxygen atoms in total. The van der Waals surface area contributed by atoms with Crippen LogP contribution < -0.4 is 26.3 Å². The first-order valence-electron chi connectivity index (χ1n) is 14.5. The van der Waals surface area contributed by atoms with Crippen LogP contribution in [0.25, 0.3) is 11.3 Å². The van der Waals surface area contributed by atoms with E-state index in [-0.39, 0.29) is 47.5 Å². The van der Waals surface area contributed by atoms with Crippen molar-refractivity contribution in [1.29, 1.82) is 0 Å². The summed E-state index contributed by atoms with van der Waals surface area (Å²) in [7, 11) is 1.43. The predicted molar refractivity (Wildman–Crippen MR) is 159 cm³/mol. The molecular weight excluding hydrogens is 591 g/mol. The molecule has 6 N–H and O–H groups in total. The molecule has 13 heteroatoms. The Balaban J connectivity index is 1.38. The molecule has 2 aromatic carbocycles. The van der Waals surface area contributed by atoms with Crippen molar-refractivity contribution in [3.8, 4) is 22.8 Å². The minimum atomic E-state index is -1.39. The van der Waals surface area contributed by atoms with Crippen LogP contribution in [0, 0.1) is 17.5 Å². The number of rotatable bonds is 10. The second-order valence-electron chi connectivity index (χ2n) is 12.1. The van der Waals surface area contributed by atoms with Crippen LogP contribution >= 0.6 is 0 Å². The number of nitrogen functional groups attached to an aromatic ring is 1. The molecule has 3 aromatic rings. The number of nitrogens with one attached hydrogen (secondary N) is 1. The normalized spacial score (nSPS) is 20.4. The number of ether oxygens (including phenoxy) is 2. The van der Waals surface area contributed by atoms with E-state index in [2.05, 4.69) is 15.3 Å². The number of aromatic nitrogens is 1. The second-order valence-corrected chi connectivity index (χ2v) is 12.1. The number of anilines is 1. The van der Waals surface area contributed by atoms with Gasteiger partial charge in [0, 0.05) is 52.7 Å². The van der Waals surface area contributed by atoms with Crippen molar-refractivity contribution in [3.05, 3.63) is 70.2 Å². The Morgan fingerprint density at radius 1 is 1.18 bits per heavy atom. The number of methoxy groups -OCH3 is 1. The van der Waals surface area contributed by atoms with Gasteiger partial charge >= 0.3 is 0 Å². The van der Waals surface area contributed by atoms with Gasteiger partial charge in [0.1, 0.15) is 35.0 Å². The summed E-state index contributed by atoms with van der Waals surface area (Å²) >= 11 is 0. The fraction of sp³-hybridized carbons (Fsp3) is 0.375. The molecule has 1 aromatic heterocycles. The highest BCUT2D eigenvalue weighted by molar-refractivity contribution is 5.99. The monoisotopic (exact) mass is 623 g/mol. The molecule has 0 bridgehead atoms. The number of nitrogens with zero attached hydrogens (tertiary/aromatic N) is 2. The Labute approximate surface area is 256 Å². The number of aliphatic imine (C=N–C) groups is 1. The van der Waals surface area contributed by atoms with Crippen molar-refractivity contribution in [2.75, 3.05) is 26.0 Å². The van der Waals surface area contributed by atoms with Crippen molar-refractivity contribution in [2.45, 2.75) is 55.6 Å². The molecule has 0 unspecified atom stereocenters. The molecule has 0 spiro atoms. The van der Waals surface area contributed by atoms with Gasteiger partial charge in [-0.1, -0.05) is 0 Å². The molecule has 3 aliphatic rings. The van der Waals surface area contributed by atoms with Crippen LogP contribution in [0.4, 0.5) is 18.9 Å². The van der Waals surface area contributed by atoms with Gasteiger partial charge in [0.05, 0.1) is 24.4 Å². The molecule has 45 heavy (non-hydrogen) atoms. The molecule has 2 atom stereocenters. The van der Waals surface area contributed by atoms with E-state index in [1.807, 2.05) is 0 Å². The van der Waals surface area contributed by atoms with E-state index in [0.29, 0.717) is 42.0 Å². The van der Waals surface area contributed by atoms with Crippen LogP contribution in [0.5, 0.6) is 11.5 Å². The third-order valence-corrected chi connectivity index (χ3v) is 8.76. The number of hydrogen-bond acceptors (Lipinski definition) is 8. The number of nitrogens with two attached hydrogens (primary N) is 2. The van der Waals surface area contributed by atoms with E-state index in [1.54, 1.807) is 12.3 Å². The second kappa shape index (κ2) is 11.1. The zero-order valence-corrected chi connectivity index (χ0v) is 24.6. The highest BCUT2D eigenvalue weighted by Crippen LogP contribution is 2.50. The maximum Gasteiger partial charge on any atom is 0.251 e. The van der Waals surface area contributed by atoms with Gasteiger partial charge in [-0.2, -0.15) is 0 Å². The third-order valence-electron chi connectivity index (χ3n) is 8.76. The predicted octanol–water partition coefficient (Wildman–Crippen LogP) is 3.51. The summed E-state index contributed by atoms with van der Waals surface area (Å²) in [6.07, 6.45) is 4.35. The van der Waals surface area contributed by atoms with Gasteiger partial charge in [-0.05, 0) is 56.9 Å². The van der Waals surface area contributed by atoms with Crippen LogP contribution in [0.3, 0.4) is 0 Å². The molecule has 6 rings (SSSR count). The van der Waals surface area contributed by atoms with Crippen LogP contribution in [-0.4, -0.2) is 60.0 Å². The zero-order valence-electron chi connectivity index (χ0n) is 24.6. The first kappa shape index (κ1) is 30.4. The van der Waals surface area contributed by atoms with Crippen LogP contribution in [-0.2, 0) is 10.2 Å². The Kier molecular flexibility index (Phi) is 7.46. The number of primary amides is 1. The zero-order chi connectivity index (χ0) is 32.3. The molecule has 236 valence electrons. The van der Waals surface area contributed by atoms with Crippen LogP contribution in [0.15, 0.2) is 35.3 Å². The Hall–Kier alpha value is -4.65. The summed E-state index contributed by atoms with van der Waals surface area (Å²) in [5.41, 5.74) is 10.2. The number of halogens is 3. The highest BCUT2D eigenvalue weighted by atomic mass is 19.2. The number of amides is 2. The number of fused-ring (bicyclic) bond motifs is 1. The molecule has 0 radical (unpaired) electrons. The summed E-state index contributed by atoms with van der Waals surface area (Å²) in [6, 6.07) is 5.89. The van der Waals surface area contributed by atoms with Gasteiger partial charge < -0.3 is 31.4 Å². The summed E-state index contributed by atoms with van der Waals surface area (Å²) in [5, 5.41) is 14.2. The van der Waals surface area contributed by atoms with E-state index >= 15 is 4.39 Å². The van der Waals surface area contributed by atoms with Crippen molar-refractivity contribution in [2.24, 2.45) is 10.7 Å². The largest absolute Gasteiger partial charge is 0.495 e. The van der Waals surface area contributed by atoms with Crippen molar-refractivity contribution >= 4 is 23.7 Å². The number of carbonyl (C=O) groups excluding carboxylic acids is 2. The molecule has 2 aliphatic carbocycles. The number of aliphatic hydroxyl groups is 1. The lowest BCUT2D eigenvalue weighted by molar-refractivity contribution is -0.123. The Morgan fingerprint density at radius 2 is 1.89 bits per heavy atom. The minimum Gasteiger partial charge on any atom is -0.495 e. The average molecular weight is 624 g/mol. The smallest absolute Gasteiger partial charge is 0.251 e. The van der Waals surface area contributed by atoms with Gasteiger partial charge in [0.2, 0.25) is 5.91 Å². The van der Waals surface area contributed by atoms with Gasteiger partial charge in [-0.25, -0.2) is 18.2 Å². The lowest BCUT2D eigenvalue weighted by atomic mass is 9.81. The lowest BCUT2D eigenvalue weighted by Gasteiger charge is -2.25. The van der Waals surface area contributed by atoms with Gasteiger partial charge in [0.25, 0.3) is 5.91 Å². The highest BCUT2D eigenvalue weighted by Gasteiger charge is 2.51. The van der Waals surface area contributed by atoms with E-state index in [0.717, 1.165) is 12.8 Å². The number of carbonyl (C=O) groups is 2. The molecule has 0 saturated heterocycles. The fourth-order valence-electron chi connectivity index (χ4n) is 5.48. The summed E-state index contributed by atoms with van der Waals surface area (Å²) in [5.74, 6) is -5.60. The summed E-state index contributed by atoms with van der Waals surface area (Å²) < 4.78 is 54.3. The van der Waals surface area contributed by atoms with Gasteiger partial charge in [0.15, 0.2) is 11.6 Å². The number of pyridine rings is 1. The number of hydrogen-bond donors (Lipinski definition) is 4. The topological polar surface area (TPSA) is 162 Å². The quantitative estimate of drug-likeness (QED) is 0.153. The van der Waals surface area contributed by atoms with Gasteiger partial charge in [-0.3, -0.25) is 14.6 Å². The van der Waals surface area contributed by atoms with Crippen molar-refractivity contribution < 1.29 is 37.3 Å². The van der Waals surface area contributed by atoms with Crippen LogP contribution in [0.1, 0.15) is 65.7 Å². The minimum absolute atomic E-state index is 0.00936. The van der Waals surface area contributed by atoms with E-state index in [9.17, 15) is 23.5 Å². The molecule has 1 aliphatic heterocycles. The molecule has 2 heterocycles. The van der Waals surface area contributed by atoms with E-state index in [4.69, 9.17) is 20.9 Å². The van der Waals surface area contributed by atoms with E-state index < -0.39 is 51.8 Å². The standard InChI is InChI=1S/C32H32F3N5O5/c1-31(30(37)42)14-45-28-19(31)10-24(40-27(28)18-9-22(34)23(35)11-21(18)33)20(32(43)5-6-32)13-39-29(41)15-7-16(12-38-17-3-4-17)26(36)25(8-15)44-2/h7-12,17,20,43H,3-6,13-14,36H2,1-2H3,(H2,37,42)(H,39,41)/t20-,31+/m1/s1. The molecule has 2 amide bonds. The molecular formula is C32H32F3N5O5. The molecule has 2 saturated carbocycles. The van der Waals surface area contributed by atoms with Gasteiger partial charge in [-0.15, -0.1) is 0 Å². The SMILES string of the molecule is COc1cc(C(=O)NC[C@H](c2cc3c(c(-c4cc(F)c(F)cc4F)n2)OC[C@]3(C)C(N)=O)C2(O)CC2)cc(C=NC2CC2)c1N. The average Bonchev–Trinajstić information content (AvgIpc) is 3.94. The Morgan fingerprint density at radius 3 is 2.53 bits per heavy atom.